The number of hydrogen-bond acceptors (Lipinski definition) is 5. The largest absolute Gasteiger partial charge is 0.467 e. The van der Waals surface area contributed by atoms with Gasteiger partial charge in [0.05, 0.1) is 12.5 Å². The van der Waals surface area contributed by atoms with Crippen LogP contribution < -0.4 is 0 Å². The van der Waals surface area contributed by atoms with E-state index >= 15 is 0 Å². The van der Waals surface area contributed by atoms with Crippen LogP contribution in [0.1, 0.15) is 50.5 Å². The van der Waals surface area contributed by atoms with E-state index < -0.39 is 17.4 Å². The molecule has 0 radical (unpaired) electrons. The number of imide groups is 1. The highest BCUT2D eigenvalue weighted by Gasteiger charge is 2.57. The van der Waals surface area contributed by atoms with Crippen molar-refractivity contribution in [2.24, 2.45) is 0 Å². The zero-order valence-corrected chi connectivity index (χ0v) is 19.9. The Labute approximate surface area is 205 Å². The van der Waals surface area contributed by atoms with E-state index in [1.54, 1.807) is 4.90 Å². The number of carbonyl (C=O) groups is 4. The van der Waals surface area contributed by atoms with Crippen LogP contribution in [0, 0.1) is 0 Å². The highest BCUT2D eigenvalue weighted by atomic mass is 16.5. The molecule has 1 saturated carbocycles. The van der Waals surface area contributed by atoms with Crippen molar-refractivity contribution < 1.29 is 23.9 Å². The SMILES string of the molecule is COC(=O)[C@H]1CCCCN1C(=O)C[C@@]1(c2ccc(-c3ccccc3)cc2)CC(=O)N(C2CC2)C1=O. The van der Waals surface area contributed by atoms with Gasteiger partial charge in [-0.2, -0.15) is 0 Å². The Morgan fingerprint density at radius 1 is 0.943 bits per heavy atom. The molecule has 1 aliphatic carbocycles. The molecule has 182 valence electrons. The lowest BCUT2D eigenvalue weighted by atomic mass is 9.75. The summed E-state index contributed by atoms with van der Waals surface area (Å²) in [7, 11) is 1.32. The number of ether oxygens (including phenoxy) is 1. The molecule has 2 saturated heterocycles. The van der Waals surface area contributed by atoms with Gasteiger partial charge < -0.3 is 9.64 Å². The van der Waals surface area contributed by atoms with E-state index in [0.29, 0.717) is 18.5 Å². The average molecular weight is 475 g/mol. The average Bonchev–Trinajstić information content (AvgIpc) is 3.69. The summed E-state index contributed by atoms with van der Waals surface area (Å²) in [4.78, 5) is 55.8. The molecule has 5 rings (SSSR count). The van der Waals surface area contributed by atoms with Gasteiger partial charge in [-0.1, -0.05) is 54.6 Å². The van der Waals surface area contributed by atoms with E-state index in [0.717, 1.165) is 36.8 Å². The number of esters is 1. The van der Waals surface area contributed by atoms with Gasteiger partial charge in [0.2, 0.25) is 17.7 Å². The van der Waals surface area contributed by atoms with Crippen molar-refractivity contribution in [2.45, 2.75) is 62.4 Å². The van der Waals surface area contributed by atoms with Crippen molar-refractivity contribution >= 4 is 23.7 Å². The molecule has 3 amide bonds. The van der Waals surface area contributed by atoms with Gasteiger partial charge in [-0.15, -0.1) is 0 Å². The number of methoxy groups -OCH3 is 1. The molecule has 3 aliphatic rings. The summed E-state index contributed by atoms with van der Waals surface area (Å²) >= 11 is 0. The van der Waals surface area contributed by atoms with E-state index in [2.05, 4.69) is 0 Å². The summed E-state index contributed by atoms with van der Waals surface area (Å²) in [5.41, 5.74) is 1.45. The lowest BCUT2D eigenvalue weighted by Gasteiger charge is -2.36. The molecule has 0 bridgehead atoms. The number of likely N-dealkylation sites (tertiary alicyclic amines) is 2. The van der Waals surface area contributed by atoms with Crippen molar-refractivity contribution in [3.05, 3.63) is 60.2 Å². The van der Waals surface area contributed by atoms with E-state index in [9.17, 15) is 19.2 Å². The first-order valence-corrected chi connectivity index (χ1v) is 12.3. The fourth-order valence-corrected chi connectivity index (χ4v) is 5.51. The summed E-state index contributed by atoms with van der Waals surface area (Å²) in [6.07, 6.45) is 3.62. The quantitative estimate of drug-likeness (QED) is 0.473. The lowest BCUT2D eigenvalue weighted by molar-refractivity contribution is -0.155. The summed E-state index contributed by atoms with van der Waals surface area (Å²) in [5, 5.41) is 0. The topological polar surface area (TPSA) is 84.0 Å². The van der Waals surface area contributed by atoms with Crippen LogP contribution in [0.15, 0.2) is 54.6 Å². The maximum absolute atomic E-state index is 13.8. The Morgan fingerprint density at radius 3 is 2.29 bits per heavy atom. The van der Waals surface area contributed by atoms with Crippen LogP contribution in [-0.2, 0) is 29.3 Å². The molecule has 7 nitrogen and oxygen atoms in total. The van der Waals surface area contributed by atoms with Crippen LogP contribution in [-0.4, -0.2) is 59.2 Å². The third-order valence-corrected chi connectivity index (χ3v) is 7.56. The van der Waals surface area contributed by atoms with Crippen molar-refractivity contribution in [2.75, 3.05) is 13.7 Å². The minimum Gasteiger partial charge on any atom is -0.467 e. The predicted molar refractivity (Wildman–Crippen MR) is 129 cm³/mol. The molecule has 7 heteroatoms. The van der Waals surface area contributed by atoms with E-state index in [4.69, 9.17) is 4.74 Å². The van der Waals surface area contributed by atoms with E-state index in [1.807, 2.05) is 54.6 Å². The fourth-order valence-electron chi connectivity index (χ4n) is 5.51. The molecular formula is C28H30N2O5. The summed E-state index contributed by atoms with van der Waals surface area (Å²) in [6, 6.07) is 16.8. The molecule has 0 N–H and O–H groups in total. The number of carbonyl (C=O) groups excluding carboxylic acids is 4. The zero-order valence-electron chi connectivity index (χ0n) is 19.9. The second kappa shape index (κ2) is 9.29. The third-order valence-electron chi connectivity index (χ3n) is 7.56. The Morgan fingerprint density at radius 2 is 1.63 bits per heavy atom. The highest BCUT2D eigenvalue weighted by Crippen LogP contribution is 2.45. The Kier molecular flexibility index (Phi) is 6.17. The molecule has 2 atom stereocenters. The molecule has 2 aliphatic heterocycles. The second-order valence-corrected chi connectivity index (χ2v) is 9.80. The van der Waals surface area contributed by atoms with Gasteiger partial charge in [0.15, 0.2) is 0 Å². The first-order valence-electron chi connectivity index (χ1n) is 12.3. The number of hydrogen-bond donors (Lipinski definition) is 0. The number of rotatable bonds is 6. The van der Waals surface area contributed by atoms with Gasteiger partial charge in [0.1, 0.15) is 6.04 Å². The molecule has 2 heterocycles. The van der Waals surface area contributed by atoms with Gasteiger partial charge in [0.25, 0.3) is 0 Å². The minimum absolute atomic E-state index is 0.0323. The molecule has 0 spiro atoms. The number of amides is 3. The van der Waals surface area contributed by atoms with Gasteiger partial charge in [-0.25, -0.2) is 4.79 Å². The van der Waals surface area contributed by atoms with Gasteiger partial charge in [-0.3, -0.25) is 19.3 Å². The fraction of sp³-hybridized carbons (Fsp3) is 0.429. The van der Waals surface area contributed by atoms with Gasteiger partial charge in [0, 0.05) is 25.4 Å². The first kappa shape index (κ1) is 23.3. The van der Waals surface area contributed by atoms with Crippen LogP contribution in [0.3, 0.4) is 0 Å². The third kappa shape index (κ3) is 4.24. The van der Waals surface area contributed by atoms with Gasteiger partial charge in [-0.05, 0) is 48.8 Å². The second-order valence-electron chi connectivity index (χ2n) is 9.80. The van der Waals surface area contributed by atoms with Crippen LogP contribution in [0.2, 0.25) is 0 Å². The van der Waals surface area contributed by atoms with Crippen molar-refractivity contribution in [3.63, 3.8) is 0 Å². The van der Waals surface area contributed by atoms with Crippen LogP contribution in [0.5, 0.6) is 0 Å². The Hall–Kier alpha value is -3.48. The standard InChI is InChI=1S/C28H30N2O5/c1-35-26(33)23-9-5-6-16-29(23)24(31)17-28(18-25(32)30(27(28)34)22-14-15-22)21-12-10-20(11-13-21)19-7-3-2-4-8-19/h2-4,7-8,10-13,22-23H,5-6,9,14-18H2,1H3/t23-,28+/m1/s1. The van der Waals surface area contributed by atoms with Crippen molar-refractivity contribution in [3.8, 4) is 11.1 Å². The van der Waals surface area contributed by atoms with E-state index in [-0.39, 0.29) is 36.6 Å². The lowest BCUT2D eigenvalue weighted by Crippen LogP contribution is -2.51. The molecule has 35 heavy (non-hydrogen) atoms. The molecule has 0 unspecified atom stereocenters. The summed E-state index contributed by atoms with van der Waals surface area (Å²) in [5.74, 6) is -1.24. The zero-order chi connectivity index (χ0) is 24.6. The smallest absolute Gasteiger partial charge is 0.328 e. The molecule has 2 aromatic carbocycles. The monoisotopic (exact) mass is 474 g/mol. The maximum Gasteiger partial charge on any atom is 0.328 e. The van der Waals surface area contributed by atoms with Crippen LogP contribution in [0.25, 0.3) is 11.1 Å². The van der Waals surface area contributed by atoms with Gasteiger partial charge >= 0.3 is 5.97 Å². The molecule has 2 aromatic rings. The molecular weight excluding hydrogens is 444 g/mol. The van der Waals surface area contributed by atoms with Crippen LogP contribution in [0.4, 0.5) is 0 Å². The van der Waals surface area contributed by atoms with Crippen molar-refractivity contribution in [1.82, 2.24) is 9.80 Å². The molecule has 3 fully saturated rings. The molecule has 0 aromatic heterocycles. The van der Waals surface area contributed by atoms with E-state index in [1.165, 1.54) is 12.0 Å². The Balaban J connectivity index is 1.49. The first-order chi connectivity index (χ1) is 16.9. The Bertz CT molecular complexity index is 1140. The number of piperidine rings is 1. The predicted octanol–water partition coefficient (Wildman–Crippen LogP) is 3.46. The summed E-state index contributed by atoms with van der Waals surface area (Å²) < 4.78 is 4.94. The number of nitrogens with zero attached hydrogens (tertiary/aromatic N) is 2. The summed E-state index contributed by atoms with van der Waals surface area (Å²) in [6.45, 7) is 0.441. The number of benzene rings is 2. The maximum atomic E-state index is 13.8. The minimum atomic E-state index is -1.26. The normalized spacial score (nSPS) is 24.5. The van der Waals surface area contributed by atoms with Crippen LogP contribution >= 0.6 is 0 Å². The van der Waals surface area contributed by atoms with Crippen molar-refractivity contribution in [1.29, 1.82) is 0 Å². The highest BCUT2D eigenvalue weighted by molar-refractivity contribution is 6.11.